The average molecular weight is 246 g/mol. The lowest BCUT2D eigenvalue weighted by Gasteiger charge is -2.09. The van der Waals surface area contributed by atoms with Crippen molar-refractivity contribution in [3.05, 3.63) is 29.1 Å². The molecule has 0 radical (unpaired) electrons. The zero-order chi connectivity index (χ0) is 11.6. The van der Waals surface area contributed by atoms with Crippen LogP contribution < -0.4 is 0 Å². The van der Waals surface area contributed by atoms with Crippen LogP contribution in [0.2, 0.25) is 0 Å². The zero-order valence-electron chi connectivity index (χ0n) is 7.15. The van der Waals surface area contributed by atoms with Crippen LogP contribution in [0.5, 0.6) is 0 Å². The largest absolute Gasteiger partial charge is 0.433 e. The number of pyridine rings is 1. The predicted molar refractivity (Wildman–Crippen MR) is 43.8 cm³/mol. The quantitative estimate of drug-likeness (QED) is 0.571. The molecule has 0 saturated carbocycles. The van der Waals surface area contributed by atoms with Crippen LogP contribution in [0.25, 0.3) is 0 Å². The Kier molecular flexibility index (Phi) is 3.49. The minimum absolute atomic E-state index is 0.0331. The summed E-state index contributed by atoms with van der Waals surface area (Å²) in [6.45, 7) is 0. The lowest BCUT2D eigenvalue weighted by Crippen LogP contribution is -2.10. The second-order valence-electron chi connectivity index (χ2n) is 2.72. The Morgan fingerprint density at radius 1 is 1.27 bits per heavy atom. The highest BCUT2D eigenvalue weighted by Gasteiger charge is 2.33. The first-order valence-corrected chi connectivity index (χ1v) is 4.30. The third-order valence-electron chi connectivity index (χ3n) is 1.57. The molecule has 0 bridgehead atoms. The predicted octanol–water partition coefficient (Wildman–Crippen LogP) is 3.78. The maximum Gasteiger partial charge on any atom is 0.433 e. The fraction of sp³-hybridized carbons (Fsp3) is 0.375. The highest BCUT2D eigenvalue weighted by atomic mass is 35.5. The van der Waals surface area contributed by atoms with E-state index in [1.54, 1.807) is 0 Å². The van der Waals surface area contributed by atoms with Crippen LogP contribution in [-0.2, 0) is 12.1 Å². The molecule has 1 aromatic rings. The summed E-state index contributed by atoms with van der Waals surface area (Å²) < 4.78 is 60.9. The summed E-state index contributed by atoms with van der Waals surface area (Å²) in [7, 11) is 0. The van der Waals surface area contributed by atoms with Crippen molar-refractivity contribution >= 4 is 11.6 Å². The smallest absolute Gasteiger partial charge is 0.242 e. The Morgan fingerprint density at radius 3 is 2.27 bits per heavy atom. The molecule has 1 aromatic heterocycles. The first-order valence-electron chi connectivity index (χ1n) is 3.76. The molecule has 0 spiro atoms. The molecule has 0 aromatic carbocycles. The van der Waals surface area contributed by atoms with Gasteiger partial charge in [-0.25, -0.2) is 13.8 Å². The van der Waals surface area contributed by atoms with Gasteiger partial charge < -0.3 is 0 Å². The highest BCUT2D eigenvalue weighted by molar-refractivity contribution is 6.17. The summed E-state index contributed by atoms with van der Waals surface area (Å²) in [5.41, 5.74) is -2.30. The summed E-state index contributed by atoms with van der Waals surface area (Å²) in [6, 6.07) is 1.51. The Balaban J connectivity index is 3.23. The van der Waals surface area contributed by atoms with Gasteiger partial charge in [0.2, 0.25) is 0 Å². The van der Waals surface area contributed by atoms with Gasteiger partial charge in [-0.1, -0.05) is 0 Å². The first kappa shape index (κ1) is 12.2. The van der Waals surface area contributed by atoms with Gasteiger partial charge in [0.05, 0.1) is 0 Å². The molecule has 0 aliphatic carbocycles. The fourth-order valence-electron chi connectivity index (χ4n) is 0.945. The number of halogens is 6. The van der Waals surface area contributed by atoms with Gasteiger partial charge in [0.25, 0.3) is 6.43 Å². The van der Waals surface area contributed by atoms with Gasteiger partial charge in [0.15, 0.2) is 0 Å². The van der Waals surface area contributed by atoms with Crippen molar-refractivity contribution in [3.8, 4) is 0 Å². The molecule has 0 fully saturated rings. The number of nitrogens with zero attached hydrogens (tertiary/aromatic N) is 1. The third kappa shape index (κ3) is 3.02. The van der Waals surface area contributed by atoms with Crippen molar-refractivity contribution < 1.29 is 22.0 Å². The van der Waals surface area contributed by atoms with Crippen molar-refractivity contribution in [2.75, 3.05) is 0 Å². The van der Waals surface area contributed by atoms with Gasteiger partial charge in [0.1, 0.15) is 11.4 Å². The Labute approximate surface area is 86.9 Å². The topological polar surface area (TPSA) is 12.9 Å². The molecule has 0 aliphatic rings. The van der Waals surface area contributed by atoms with Crippen LogP contribution >= 0.6 is 11.6 Å². The summed E-state index contributed by atoms with van der Waals surface area (Å²) in [4.78, 5) is 2.82. The first-order chi connectivity index (χ1) is 6.84. The van der Waals surface area contributed by atoms with E-state index in [2.05, 4.69) is 4.98 Å². The molecule has 15 heavy (non-hydrogen) atoms. The highest BCUT2D eigenvalue weighted by Crippen LogP contribution is 2.30. The van der Waals surface area contributed by atoms with E-state index in [1.165, 1.54) is 0 Å². The van der Waals surface area contributed by atoms with Gasteiger partial charge in [-0.3, -0.25) is 0 Å². The zero-order valence-corrected chi connectivity index (χ0v) is 7.91. The Bertz CT molecular complexity index is 349. The molecule has 0 atom stereocenters. The second kappa shape index (κ2) is 4.30. The molecule has 1 heterocycles. The van der Waals surface area contributed by atoms with Crippen LogP contribution in [-0.4, -0.2) is 4.98 Å². The van der Waals surface area contributed by atoms with Crippen LogP contribution in [0.3, 0.4) is 0 Å². The molecule has 0 amide bonds. The van der Waals surface area contributed by atoms with Gasteiger partial charge in [0, 0.05) is 5.88 Å². The molecule has 1 nitrogen and oxygen atoms in total. The van der Waals surface area contributed by atoms with E-state index >= 15 is 0 Å². The lowest BCUT2D eigenvalue weighted by atomic mass is 10.2. The van der Waals surface area contributed by atoms with Crippen molar-refractivity contribution in [2.45, 2.75) is 18.5 Å². The van der Waals surface area contributed by atoms with Crippen LogP contribution in [0.1, 0.15) is 23.4 Å². The molecule has 0 saturated heterocycles. The lowest BCUT2D eigenvalue weighted by molar-refractivity contribution is -0.141. The van der Waals surface area contributed by atoms with E-state index in [0.717, 1.165) is 6.07 Å². The number of hydrogen-bond donors (Lipinski definition) is 0. The Hall–Kier alpha value is -0.910. The van der Waals surface area contributed by atoms with Gasteiger partial charge in [-0.2, -0.15) is 13.2 Å². The average Bonchev–Trinajstić information content (AvgIpc) is 2.15. The van der Waals surface area contributed by atoms with Crippen LogP contribution in [0, 0.1) is 0 Å². The standard InChI is InChI=1S/C8H5ClF5N/c9-3-4-1-5(7(10)11)15-6(2-4)8(12,13)14/h1-2,7H,3H2. The fourth-order valence-corrected chi connectivity index (χ4v) is 1.10. The molecular weight excluding hydrogens is 241 g/mol. The van der Waals surface area contributed by atoms with E-state index in [1.807, 2.05) is 0 Å². The van der Waals surface area contributed by atoms with E-state index < -0.39 is 24.0 Å². The molecular formula is C8H5ClF5N. The van der Waals surface area contributed by atoms with Crippen LogP contribution in [0.15, 0.2) is 12.1 Å². The number of aromatic nitrogens is 1. The van der Waals surface area contributed by atoms with E-state index in [-0.39, 0.29) is 11.4 Å². The number of alkyl halides is 6. The van der Waals surface area contributed by atoms with Crippen molar-refractivity contribution in [1.29, 1.82) is 0 Å². The summed E-state index contributed by atoms with van der Waals surface area (Å²) in [5, 5.41) is 0. The van der Waals surface area contributed by atoms with E-state index in [9.17, 15) is 22.0 Å². The normalized spacial score (nSPS) is 12.2. The summed E-state index contributed by atoms with van der Waals surface area (Å²) in [6.07, 6.45) is -7.79. The summed E-state index contributed by atoms with van der Waals surface area (Å²) in [5.74, 6) is -0.273. The monoisotopic (exact) mass is 245 g/mol. The van der Waals surface area contributed by atoms with Crippen LogP contribution in [0.4, 0.5) is 22.0 Å². The SMILES string of the molecule is FC(F)c1cc(CCl)cc(C(F)(F)F)n1. The number of hydrogen-bond acceptors (Lipinski definition) is 1. The van der Waals surface area contributed by atoms with Crippen molar-refractivity contribution in [3.63, 3.8) is 0 Å². The molecule has 0 unspecified atom stereocenters. The van der Waals surface area contributed by atoms with Gasteiger partial charge in [-0.05, 0) is 17.7 Å². The Morgan fingerprint density at radius 2 is 1.87 bits per heavy atom. The maximum absolute atomic E-state index is 12.2. The number of rotatable bonds is 2. The molecule has 1 rings (SSSR count). The van der Waals surface area contributed by atoms with Gasteiger partial charge in [-0.15, -0.1) is 11.6 Å². The molecule has 84 valence electrons. The third-order valence-corrected chi connectivity index (χ3v) is 1.88. The summed E-state index contributed by atoms with van der Waals surface area (Å²) >= 11 is 5.29. The molecule has 0 aliphatic heterocycles. The second-order valence-corrected chi connectivity index (χ2v) is 2.98. The molecule has 7 heteroatoms. The van der Waals surface area contributed by atoms with E-state index in [0.29, 0.717) is 6.07 Å². The minimum atomic E-state index is -4.74. The van der Waals surface area contributed by atoms with Crippen molar-refractivity contribution in [1.82, 2.24) is 4.98 Å². The van der Waals surface area contributed by atoms with E-state index in [4.69, 9.17) is 11.6 Å². The maximum atomic E-state index is 12.2. The van der Waals surface area contributed by atoms with Gasteiger partial charge >= 0.3 is 6.18 Å². The minimum Gasteiger partial charge on any atom is -0.242 e. The molecule has 0 N–H and O–H groups in total. The van der Waals surface area contributed by atoms with Crippen molar-refractivity contribution in [2.24, 2.45) is 0 Å².